The van der Waals surface area contributed by atoms with Gasteiger partial charge >= 0.3 is 0 Å². The average Bonchev–Trinajstić information content (AvgIpc) is 2.32. The standard InChI is InChI=1S/C12H9ClN4/c1-8-2-3-9(5-14)4-10(8)16-12-7-15-6-11(13)17-12/h2-4,6-7H,1H3,(H,16,17). The summed E-state index contributed by atoms with van der Waals surface area (Å²) in [5.41, 5.74) is 2.43. The zero-order valence-corrected chi connectivity index (χ0v) is 9.86. The summed E-state index contributed by atoms with van der Waals surface area (Å²) < 4.78 is 0. The number of hydrogen-bond acceptors (Lipinski definition) is 4. The average molecular weight is 245 g/mol. The molecule has 0 spiro atoms. The quantitative estimate of drug-likeness (QED) is 0.882. The first-order valence-electron chi connectivity index (χ1n) is 4.94. The lowest BCUT2D eigenvalue weighted by Crippen LogP contribution is -1.97. The lowest BCUT2D eigenvalue weighted by atomic mass is 10.1. The topological polar surface area (TPSA) is 61.6 Å². The van der Waals surface area contributed by atoms with E-state index in [-0.39, 0.29) is 0 Å². The number of rotatable bonds is 2. The Kier molecular flexibility index (Phi) is 3.22. The van der Waals surface area contributed by atoms with E-state index >= 15 is 0 Å². The van der Waals surface area contributed by atoms with Crippen LogP contribution in [0.3, 0.4) is 0 Å². The van der Waals surface area contributed by atoms with Gasteiger partial charge in [-0.05, 0) is 24.6 Å². The summed E-state index contributed by atoms with van der Waals surface area (Å²) in [4.78, 5) is 8.00. The van der Waals surface area contributed by atoms with E-state index in [0.717, 1.165) is 11.3 Å². The maximum Gasteiger partial charge on any atom is 0.150 e. The van der Waals surface area contributed by atoms with Crippen molar-refractivity contribution in [1.82, 2.24) is 9.97 Å². The van der Waals surface area contributed by atoms with Crippen molar-refractivity contribution in [3.05, 3.63) is 46.9 Å². The summed E-state index contributed by atoms with van der Waals surface area (Å²) in [5.74, 6) is 0.552. The van der Waals surface area contributed by atoms with Gasteiger partial charge in [-0.15, -0.1) is 0 Å². The Morgan fingerprint density at radius 3 is 2.88 bits per heavy atom. The fourth-order valence-electron chi connectivity index (χ4n) is 1.37. The number of halogens is 1. The van der Waals surface area contributed by atoms with Crippen LogP contribution in [0.4, 0.5) is 11.5 Å². The first-order valence-corrected chi connectivity index (χ1v) is 5.32. The number of aryl methyl sites for hydroxylation is 1. The van der Waals surface area contributed by atoms with E-state index in [1.807, 2.05) is 13.0 Å². The highest BCUT2D eigenvalue weighted by Gasteiger charge is 2.02. The summed E-state index contributed by atoms with van der Waals surface area (Å²) in [6.45, 7) is 1.95. The number of aromatic nitrogens is 2. The first kappa shape index (κ1) is 11.4. The number of benzene rings is 1. The Labute approximate surface area is 104 Å². The second-order valence-corrected chi connectivity index (χ2v) is 3.88. The molecular formula is C12H9ClN4. The molecule has 0 bridgehead atoms. The maximum atomic E-state index is 8.84. The number of hydrogen-bond donors (Lipinski definition) is 1. The van der Waals surface area contributed by atoms with E-state index in [1.54, 1.807) is 18.3 Å². The van der Waals surface area contributed by atoms with Crippen LogP contribution in [-0.2, 0) is 0 Å². The van der Waals surface area contributed by atoms with Crippen molar-refractivity contribution >= 4 is 23.1 Å². The van der Waals surface area contributed by atoms with Gasteiger partial charge in [0.05, 0.1) is 24.0 Å². The van der Waals surface area contributed by atoms with Crippen molar-refractivity contribution in [3.63, 3.8) is 0 Å². The van der Waals surface area contributed by atoms with E-state index in [1.165, 1.54) is 6.20 Å². The lowest BCUT2D eigenvalue weighted by molar-refractivity contribution is 1.19. The lowest BCUT2D eigenvalue weighted by Gasteiger charge is -2.08. The van der Waals surface area contributed by atoms with E-state index < -0.39 is 0 Å². The van der Waals surface area contributed by atoms with Gasteiger partial charge in [-0.25, -0.2) is 4.98 Å². The van der Waals surface area contributed by atoms with Gasteiger partial charge in [0.2, 0.25) is 0 Å². The Morgan fingerprint density at radius 1 is 1.35 bits per heavy atom. The Balaban J connectivity index is 2.33. The molecule has 2 aromatic rings. The first-order chi connectivity index (χ1) is 8.19. The minimum atomic E-state index is 0.323. The Morgan fingerprint density at radius 2 is 2.18 bits per heavy atom. The number of nitrogens with zero attached hydrogens (tertiary/aromatic N) is 3. The van der Waals surface area contributed by atoms with E-state index in [2.05, 4.69) is 21.4 Å². The monoisotopic (exact) mass is 244 g/mol. The molecule has 1 N–H and O–H groups in total. The molecule has 17 heavy (non-hydrogen) atoms. The van der Waals surface area contributed by atoms with Gasteiger partial charge in [0.15, 0.2) is 5.82 Å². The van der Waals surface area contributed by atoms with Crippen LogP contribution >= 0.6 is 11.6 Å². The molecule has 0 saturated carbocycles. The van der Waals surface area contributed by atoms with Crippen LogP contribution in [0.15, 0.2) is 30.6 Å². The van der Waals surface area contributed by atoms with E-state index in [9.17, 15) is 0 Å². The molecule has 0 saturated heterocycles. The molecule has 1 heterocycles. The molecule has 0 aliphatic rings. The van der Waals surface area contributed by atoms with Crippen molar-refractivity contribution in [3.8, 4) is 6.07 Å². The van der Waals surface area contributed by atoms with Gasteiger partial charge in [0.25, 0.3) is 0 Å². The second-order valence-electron chi connectivity index (χ2n) is 3.49. The van der Waals surface area contributed by atoms with Crippen LogP contribution in [0.25, 0.3) is 0 Å². The third-order valence-electron chi connectivity index (χ3n) is 2.23. The molecule has 0 radical (unpaired) electrons. The maximum absolute atomic E-state index is 8.84. The SMILES string of the molecule is Cc1ccc(C#N)cc1Nc1cncc(Cl)n1. The molecule has 1 aromatic heterocycles. The summed E-state index contributed by atoms with van der Waals surface area (Å²) in [5, 5.41) is 12.2. The molecule has 0 fully saturated rings. The third kappa shape index (κ3) is 2.71. The highest BCUT2D eigenvalue weighted by molar-refractivity contribution is 6.29. The largest absolute Gasteiger partial charge is 0.339 e. The Bertz CT molecular complexity index is 589. The zero-order valence-electron chi connectivity index (χ0n) is 9.11. The van der Waals surface area contributed by atoms with Crippen LogP contribution in [0.2, 0.25) is 5.15 Å². The van der Waals surface area contributed by atoms with Gasteiger partial charge in [-0.3, -0.25) is 4.98 Å². The summed E-state index contributed by atoms with van der Waals surface area (Å²) in [6.07, 6.45) is 3.04. The van der Waals surface area contributed by atoms with Crippen molar-refractivity contribution in [1.29, 1.82) is 5.26 Å². The fraction of sp³-hybridized carbons (Fsp3) is 0.0833. The van der Waals surface area contributed by atoms with Crippen LogP contribution in [0, 0.1) is 18.3 Å². The third-order valence-corrected chi connectivity index (χ3v) is 2.42. The molecule has 0 amide bonds. The molecule has 1 aromatic carbocycles. The number of anilines is 2. The second kappa shape index (κ2) is 4.81. The molecule has 0 unspecified atom stereocenters. The summed E-state index contributed by atoms with van der Waals surface area (Å²) in [6, 6.07) is 7.49. The molecular weight excluding hydrogens is 236 g/mol. The minimum Gasteiger partial charge on any atom is -0.339 e. The number of nitrogens with one attached hydrogen (secondary N) is 1. The number of nitriles is 1. The zero-order chi connectivity index (χ0) is 12.3. The van der Waals surface area contributed by atoms with Gasteiger partial charge in [-0.2, -0.15) is 5.26 Å². The molecule has 0 aliphatic heterocycles. The van der Waals surface area contributed by atoms with Crippen LogP contribution in [0.5, 0.6) is 0 Å². The van der Waals surface area contributed by atoms with Gasteiger partial charge < -0.3 is 5.32 Å². The minimum absolute atomic E-state index is 0.323. The highest BCUT2D eigenvalue weighted by atomic mass is 35.5. The summed E-state index contributed by atoms with van der Waals surface area (Å²) >= 11 is 5.74. The predicted molar refractivity (Wildman–Crippen MR) is 66.2 cm³/mol. The molecule has 2 rings (SSSR count). The smallest absolute Gasteiger partial charge is 0.150 e. The van der Waals surface area contributed by atoms with Crippen LogP contribution in [0.1, 0.15) is 11.1 Å². The molecule has 0 aliphatic carbocycles. The normalized spacial score (nSPS) is 9.71. The highest BCUT2D eigenvalue weighted by Crippen LogP contribution is 2.20. The van der Waals surface area contributed by atoms with Crippen molar-refractivity contribution in [2.24, 2.45) is 0 Å². The molecule has 5 heteroatoms. The van der Waals surface area contributed by atoms with Crippen molar-refractivity contribution in [2.45, 2.75) is 6.92 Å². The van der Waals surface area contributed by atoms with Gasteiger partial charge in [0.1, 0.15) is 5.15 Å². The van der Waals surface area contributed by atoms with Crippen LogP contribution in [-0.4, -0.2) is 9.97 Å². The summed E-state index contributed by atoms with van der Waals surface area (Å²) in [7, 11) is 0. The van der Waals surface area contributed by atoms with Gasteiger partial charge in [0, 0.05) is 5.69 Å². The molecule has 4 nitrogen and oxygen atoms in total. The van der Waals surface area contributed by atoms with Crippen LogP contribution < -0.4 is 5.32 Å². The van der Waals surface area contributed by atoms with Crippen molar-refractivity contribution < 1.29 is 0 Å². The van der Waals surface area contributed by atoms with E-state index in [0.29, 0.717) is 16.5 Å². The molecule has 0 atom stereocenters. The van der Waals surface area contributed by atoms with Gasteiger partial charge in [-0.1, -0.05) is 17.7 Å². The predicted octanol–water partition coefficient (Wildman–Crippen LogP) is 3.05. The fourth-order valence-corrected chi connectivity index (χ4v) is 1.51. The molecule has 84 valence electrons. The van der Waals surface area contributed by atoms with Crippen molar-refractivity contribution in [2.75, 3.05) is 5.32 Å². The van der Waals surface area contributed by atoms with E-state index in [4.69, 9.17) is 16.9 Å². The Hall–Kier alpha value is -2.12.